The van der Waals surface area contributed by atoms with E-state index in [1.54, 1.807) is 32.2 Å². The number of nitrogens with one attached hydrogen (secondary N) is 2. The minimum Gasteiger partial charge on any atom is -0.327 e. The number of amides is 1. The summed E-state index contributed by atoms with van der Waals surface area (Å²) in [4.78, 5) is 19.5. The molecule has 3 rings (SSSR count). The minimum absolute atomic E-state index is 0.0254. The standard InChI is InChI=1S/C20H19ClF3N5O/c1-11-9-29(17(25)14-6-4-8-27-12(14)2)18(26)19(30)28(11)10-13-5-3-7-15(16(13)21)20(22,23)24/h3-8,11,25-26H,9-10H2,1-2H3. The summed E-state index contributed by atoms with van der Waals surface area (Å²) >= 11 is 5.96. The third kappa shape index (κ3) is 4.02. The first-order chi connectivity index (χ1) is 14.0. The zero-order valence-electron chi connectivity index (χ0n) is 16.2. The van der Waals surface area contributed by atoms with Crippen LogP contribution in [0.2, 0.25) is 5.02 Å². The monoisotopic (exact) mass is 437 g/mol. The Morgan fingerprint density at radius 1 is 1.30 bits per heavy atom. The van der Waals surface area contributed by atoms with E-state index in [9.17, 15) is 18.0 Å². The van der Waals surface area contributed by atoms with E-state index >= 15 is 0 Å². The van der Waals surface area contributed by atoms with Gasteiger partial charge in [0.1, 0.15) is 5.84 Å². The van der Waals surface area contributed by atoms with Crippen LogP contribution in [0.4, 0.5) is 13.2 Å². The van der Waals surface area contributed by atoms with Gasteiger partial charge in [-0.05, 0) is 37.6 Å². The molecule has 0 radical (unpaired) electrons. The van der Waals surface area contributed by atoms with Gasteiger partial charge in [-0.15, -0.1) is 0 Å². The number of alkyl halides is 3. The van der Waals surface area contributed by atoms with Crippen molar-refractivity contribution in [2.24, 2.45) is 0 Å². The molecule has 1 aromatic carbocycles. The lowest BCUT2D eigenvalue weighted by atomic mass is 10.1. The van der Waals surface area contributed by atoms with E-state index in [4.69, 9.17) is 22.4 Å². The maximum absolute atomic E-state index is 13.1. The molecule has 2 N–H and O–H groups in total. The van der Waals surface area contributed by atoms with Crippen LogP contribution in [0, 0.1) is 17.7 Å². The lowest BCUT2D eigenvalue weighted by molar-refractivity contribution is -0.137. The Bertz CT molecular complexity index is 1020. The molecule has 0 aliphatic carbocycles. The molecule has 1 aliphatic heterocycles. The van der Waals surface area contributed by atoms with Crippen LogP contribution in [0.1, 0.15) is 29.3 Å². The number of halogens is 4. The summed E-state index contributed by atoms with van der Waals surface area (Å²) in [5.41, 5.74) is 0.264. The largest absolute Gasteiger partial charge is 0.417 e. The number of pyridine rings is 1. The number of hydrogen-bond acceptors (Lipinski definition) is 4. The first-order valence-corrected chi connectivity index (χ1v) is 9.42. The van der Waals surface area contributed by atoms with Gasteiger partial charge >= 0.3 is 6.18 Å². The van der Waals surface area contributed by atoms with Crippen molar-refractivity contribution < 1.29 is 18.0 Å². The van der Waals surface area contributed by atoms with Crippen molar-refractivity contribution >= 4 is 29.2 Å². The summed E-state index contributed by atoms with van der Waals surface area (Å²) in [6, 6.07) is 6.43. The average Bonchev–Trinajstić information content (AvgIpc) is 2.68. The van der Waals surface area contributed by atoms with Crippen LogP contribution in [-0.4, -0.2) is 44.9 Å². The number of rotatable bonds is 3. The number of nitrogens with zero attached hydrogens (tertiary/aromatic N) is 3. The molecule has 0 spiro atoms. The van der Waals surface area contributed by atoms with E-state index in [2.05, 4.69) is 4.98 Å². The van der Waals surface area contributed by atoms with E-state index in [1.807, 2.05) is 0 Å². The molecular formula is C20H19ClF3N5O. The van der Waals surface area contributed by atoms with E-state index in [1.165, 1.54) is 21.9 Å². The molecule has 158 valence electrons. The van der Waals surface area contributed by atoms with Gasteiger partial charge in [-0.25, -0.2) is 0 Å². The highest BCUT2D eigenvalue weighted by Crippen LogP contribution is 2.37. The van der Waals surface area contributed by atoms with Crippen LogP contribution in [-0.2, 0) is 17.5 Å². The van der Waals surface area contributed by atoms with Gasteiger partial charge in [0.2, 0.25) is 0 Å². The van der Waals surface area contributed by atoms with Crippen LogP contribution in [0.15, 0.2) is 36.5 Å². The Morgan fingerprint density at radius 3 is 2.63 bits per heavy atom. The number of carbonyl (C=O) groups excluding carboxylic acids is 1. The topological polar surface area (TPSA) is 84.1 Å². The van der Waals surface area contributed by atoms with Crippen molar-refractivity contribution in [3.8, 4) is 0 Å². The molecule has 0 bridgehead atoms. The molecule has 2 aromatic rings. The van der Waals surface area contributed by atoms with Gasteiger partial charge in [0.15, 0.2) is 5.84 Å². The Balaban J connectivity index is 1.85. The number of amidine groups is 2. The van der Waals surface area contributed by atoms with Gasteiger partial charge < -0.3 is 9.80 Å². The Hall–Kier alpha value is -2.94. The summed E-state index contributed by atoms with van der Waals surface area (Å²) in [5, 5.41) is 16.2. The van der Waals surface area contributed by atoms with Gasteiger partial charge in [0, 0.05) is 36.6 Å². The molecule has 2 heterocycles. The van der Waals surface area contributed by atoms with E-state index in [-0.39, 0.29) is 24.5 Å². The maximum Gasteiger partial charge on any atom is 0.417 e. The van der Waals surface area contributed by atoms with Gasteiger partial charge in [-0.1, -0.05) is 23.7 Å². The van der Waals surface area contributed by atoms with Crippen LogP contribution < -0.4 is 0 Å². The van der Waals surface area contributed by atoms with Crippen molar-refractivity contribution in [1.29, 1.82) is 10.8 Å². The molecule has 1 aliphatic rings. The number of aromatic nitrogens is 1. The van der Waals surface area contributed by atoms with Crippen molar-refractivity contribution in [3.05, 3.63) is 63.9 Å². The Labute approximate surface area is 176 Å². The van der Waals surface area contributed by atoms with Crippen molar-refractivity contribution in [2.75, 3.05) is 6.54 Å². The second-order valence-corrected chi connectivity index (χ2v) is 7.38. The minimum atomic E-state index is -4.61. The predicted octanol–water partition coefficient (Wildman–Crippen LogP) is 4.10. The van der Waals surface area contributed by atoms with E-state index in [0.29, 0.717) is 11.3 Å². The summed E-state index contributed by atoms with van der Waals surface area (Å²) in [5.74, 6) is -1.14. The number of benzene rings is 1. The van der Waals surface area contributed by atoms with Gasteiger partial charge in [-0.3, -0.25) is 20.6 Å². The molecule has 1 unspecified atom stereocenters. The van der Waals surface area contributed by atoms with Crippen molar-refractivity contribution in [3.63, 3.8) is 0 Å². The molecule has 1 amide bonds. The second kappa shape index (κ2) is 8.06. The summed E-state index contributed by atoms with van der Waals surface area (Å²) in [6.45, 7) is 3.42. The molecule has 0 saturated carbocycles. The fourth-order valence-corrected chi connectivity index (χ4v) is 3.61. The Morgan fingerprint density at radius 2 is 2.00 bits per heavy atom. The average molecular weight is 438 g/mol. The molecule has 6 nitrogen and oxygen atoms in total. The second-order valence-electron chi connectivity index (χ2n) is 7.00. The maximum atomic E-state index is 13.1. The zero-order chi connectivity index (χ0) is 22.2. The van der Waals surface area contributed by atoms with E-state index in [0.717, 1.165) is 6.07 Å². The van der Waals surface area contributed by atoms with Gasteiger partial charge in [-0.2, -0.15) is 13.2 Å². The van der Waals surface area contributed by atoms with Crippen LogP contribution in [0.5, 0.6) is 0 Å². The molecule has 1 aromatic heterocycles. The fourth-order valence-electron chi connectivity index (χ4n) is 3.32. The third-order valence-electron chi connectivity index (χ3n) is 4.97. The highest BCUT2D eigenvalue weighted by Gasteiger charge is 2.38. The predicted molar refractivity (Wildman–Crippen MR) is 107 cm³/mol. The molecule has 30 heavy (non-hydrogen) atoms. The molecule has 1 saturated heterocycles. The lowest BCUT2D eigenvalue weighted by Gasteiger charge is -2.40. The first-order valence-electron chi connectivity index (χ1n) is 9.04. The van der Waals surface area contributed by atoms with Gasteiger partial charge in [0.05, 0.1) is 10.6 Å². The number of aryl methyl sites for hydroxylation is 1. The van der Waals surface area contributed by atoms with Crippen LogP contribution in [0.3, 0.4) is 0 Å². The number of carbonyl (C=O) groups is 1. The normalized spacial score (nSPS) is 17.5. The van der Waals surface area contributed by atoms with E-state index < -0.39 is 34.5 Å². The van der Waals surface area contributed by atoms with Crippen molar-refractivity contribution in [2.45, 2.75) is 32.6 Å². The molecular weight excluding hydrogens is 419 g/mol. The molecule has 1 fully saturated rings. The summed E-state index contributed by atoms with van der Waals surface area (Å²) < 4.78 is 39.4. The van der Waals surface area contributed by atoms with Crippen LogP contribution >= 0.6 is 11.6 Å². The first kappa shape index (κ1) is 21.8. The smallest absolute Gasteiger partial charge is 0.327 e. The lowest BCUT2D eigenvalue weighted by Crippen LogP contribution is -2.59. The molecule has 10 heteroatoms. The highest BCUT2D eigenvalue weighted by atomic mass is 35.5. The van der Waals surface area contributed by atoms with Gasteiger partial charge in [0.25, 0.3) is 5.91 Å². The number of hydrogen-bond donors (Lipinski definition) is 2. The quantitative estimate of drug-likeness (QED) is 0.560. The SMILES string of the molecule is Cc1ncccc1C(=N)N1CC(C)N(Cc2cccc(C(F)(F)F)c2Cl)C(=O)C1=N. The fraction of sp³-hybridized carbons (Fsp3) is 0.300. The van der Waals surface area contributed by atoms with Crippen LogP contribution in [0.25, 0.3) is 0 Å². The summed E-state index contributed by atoms with van der Waals surface area (Å²) in [7, 11) is 0. The molecule has 1 atom stereocenters. The van der Waals surface area contributed by atoms with Crippen molar-refractivity contribution in [1.82, 2.24) is 14.8 Å². The highest BCUT2D eigenvalue weighted by molar-refractivity contribution is 6.40. The number of piperazine rings is 1. The summed E-state index contributed by atoms with van der Waals surface area (Å²) in [6.07, 6.45) is -3.02. The third-order valence-corrected chi connectivity index (χ3v) is 5.42. The Kier molecular flexibility index (Phi) is 5.85. The zero-order valence-corrected chi connectivity index (χ0v) is 17.0.